The van der Waals surface area contributed by atoms with Crippen LogP contribution in [-0.4, -0.2) is 41.3 Å². The van der Waals surface area contributed by atoms with E-state index in [4.69, 9.17) is 9.47 Å². The van der Waals surface area contributed by atoms with E-state index >= 15 is 0 Å². The largest absolute Gasteiger partial charge is 0.872 e. The number of aryl methyl sites for hydroxylation is 1. The van der Waals surface area contributed by atoms with Gasteiger partial charge in [0.05, 0.1) is 26.3 Å². The maximum atomic E-state index is 13.9. The van der Waals surface area contributed by atoms with Crippen molar-refractivity contribution in [1.29, 1.82) is 0 Å². The first kappa shape index (κ1) is 24.7. The Morgan fingerprint density at radius 2 is 1.89 bits per heavy atom. The number of carbonyl (C=O) groups excluding carboxylic acids is 3. The average Bonchev–Trinajstić information content (AvgIpc) is 3.32. The number of H-pyrrole nitrogens is 2. The highest BCUT2D eigenvalue weighted by molar-refractivity contribution is 6.46. The van der Waals surface area contributed by atoms with Gasteiger partial charge in [0.25, 0.3) is 5.91 Å². The Kier molecular flexibility index (Phi) is 6.91. The zero-order valence-electron chi connectivity index (χ0n) is 20.5. The molecule has 1 aromatic carbocycles. The van der Waals surface area contributed by atoms with Crippen LogP contribution < -0.4 is 14.8 Å². The van der Waals surface area contributed by atoms with Gasteiger partial charge in [0.15, 0.2) is 12.4 Å². The molecule has 2 aromatic heterocycles. The van der Waals surface area contributed by atoms with Gasteiger partial charge in [-0.15, -0.1) is 0 Å². The van der Waals surface area contributed by atoms with Crippen molar-refractivity contribution in [2.24, 2.45) is 0 Å². The first-order valence-corrected chi connectivity index (χ1v) is 11.5. The van der Waals surface area contributed by atoms with Gasteiger partial charge in [-0.1, -0.05) is 17.9 Å². The van der Waals surface area contributed by atoms with Crippen molar-refractivity contribution in [2.45, 2.75) is 33.4 Å². The molecule has 186 valence electrons. The van der Waals surface area contributed by atoms with Gasteiger partial charge in [0.2, 0.25) is 5.78 Å². The molecule has 1 aliphatic rings. The van der Waals surface area contributed by atoms with Crippen LogP contribution in [0.1, 0.15) is 51.4 Å². The number of aromatic nitrogens is 2. The molecule has 0 radical (unpaired) electrons. The normalized spacial score (nSPS) is 16.9. The van der Waals surface area contributed by atoms with Crippen molar-refractivity contribution in [2.75, 3.05) is 13.7 Å². The summed E-state index contributed by atoms with van der Waals surface area (Å²) in [6.07, 6.45) is 3.47. The monoisotopic (exact) mass is 489 g/mol. The molecule has 1 fully saturated rings. The third kappa shape index (κ3) is 4.35. The van der Waals surface area contributed by atoms with E-state index in [9.17, 15) is 19.5 Å². The second-order valence-corrected chi connectivity index (χ2v) is 8.44. The maximum Gasteiger partial charge on any atom is 0.355 e. The van der Waals surface area contributed by atoms with Crippen molar-refractivity contribution >= 4 is 23.4 Å². The van der Waals surface area contributed by atoms with Gasteiger partial charge in [0.1, 0.15) is 11.4 Å². The Morgan fingerprint density at radius 3 is 2.50 bits per heavy atom. The number of methoxy groups -OCH3 is 1. The summed E-state index contributed by atoms with van der Waals surface area (Å²) in [6, 6.07) is 9.59. The minimum atomic E-state index is -0.914. The van der Waals surface area contributed by atoms with E-state index in [-0.39, 0.29) is 30.0 Å². The fourth-order valence-electron chi connectivity index (χ4n) is 4.52. The fraction of sp³-hybridized carbons (Fsp3) is 0.259. The number of ether oxygens (including phenoxy) is 2. The molecular formula is C27H27N3O6. The lowest BCUT2D eigenvalue weighted by Gasteiger charge is -2.27. The molecule has 1 amide bonds. The first-order chi connectivity index (χ1) is 17.3. The van der Waals surface area contributed by atoms with Crippen molar-refractivity contribution in [3.8, 4) is 5.75 Å². The van der Waals surface area contributed by atoms with E-state index in [1.54, 1.807) is 63.5 Å². The lowest BCUT2D eigenvalue weighted by Crippen LogP contribution is -2.29. The Bertz CT molecular complexity index is 1340. The Labute approximate surface area is 208 Å². The summed E-state index contributed by atoms with van der Waals surface area (Å²) < 4.78 is 10.3. The number of carbonyl (C=O) groups is 3. The predicted octanol–water partition coefficient (Wildman–Crippen LogP) is 2.06. The van der Waals surface area contributed by atoms with Crippen LogP contribution in [0.25, 0.3) is 5.76 Å². The quantitative estimate of drug-likeness (QED) is 0.234. The molecule has 3 heterocycles. The smallest absolute Gasteiger partial charge is 0.355 e. The third-order valence-corrected chi connectivity index (χ3v) is 6.23. The predicted molar refractivity (Wildman–Crippen MR) is 127 cm³/mol. The average molecular weight is 490 g/mol. The second kappa shape index (κ2) is 10.1. The minimum absolute atomic E-state index is 0.120. The molecule has 3 aromatic rings. The standard InChI is InChI=1S/C27H27N3O6/c1-5-36-27(34)22-15(2)20(16(3)29-22)24(31)21-23(18-8-10-19(35-4)11-9-18)30(26(33)25(21)32)14-17-7-6-12-28-13-17/h6-13,23,29,31H,5,14H2,1-4H3. The van der Waals surface area contributed by atoms with E-state index in [1.807, 2.05) is 6.07 Å². The molecule has 36 heavy (non-hydrogen) atoms. The molecule has 2 N–H and O–H groups in total. The number of pyridine rings is 1. The number of nitrogens with one attached hydrogen (secondary N) is 2. The summed E-state index contributed by atoms with van der Waals surface area (Å²) in [5, 5.41) is 13.9. The summed E-state index contributed by atoms with van der Waals surface area (Å²) in [5.41, 5.74) is 2.31. The Hall–Kier alpha value is -4.40. The molecule has 9 heteroatoms. The molecule has 4 rings (SSSR count). The van der Waals surface area contributed by atoms with Crippen molar-refractivity contribution in [3.63, 3.8) is 0 Å². The molecule has 1 atom stereocenters. The number of aromatic amines is 2. The van der Waals surface area contributed by atoms with E-state index in [1.165, 1.54) is 12.0 Å². The van der Waals surface area contributed by atoms with E-state index < -0.39 is 29.5 Å². The van der Waals surface area contributed by atoms with Gasteiger partial charge < -0.3 is 24.5 Å². The topological polar surface area (TPSA) is 126 Å². The highest BCUT2D eigenvalue weighted by atomic mass is 16.5. The number of benzene rings is 1. The van der Waals surface area contributed by atoms with Crippen molar-refractivity contribution in [3.05, 3.63) is 88.0 Å². The lowest BCUT2D eigenvalue weighted by molar-refractivity contribution is -0.378. The number of Topliss-reactive ketones (excluding diaryl/α,β-unsaturated/α-hetero) is 1. The zero-order valence-corrected chi connectivity index (χ0v) is 20.5. The molecule has 0 spiro atoms. The van der Waals surface area contributed by atoms with Crippen LogP contribution in [0.15, 0.2) is 54.4 Å². The SMILES string of the molecule is CCOC(=O)c1[nH]c(C)c(C([O-])=C2C(=O)C(=O)N(Cc3ccc[nH+]c3)C2c2ccc(OC)cc2)c1C. The highest BCUT2D eigenvalue weighted by Crippen LogP contribution is 2.41. The number of amides is 1. The summed E-state index contributed by atoms with van der Waals surface area (Å²) >= 11 is 0. The number of rotatable bonds is 7. The fourth-order valence-corrected chi connectivity index (χ4v) is 4.52. The number of hydrogen-bond acceptors (Lipinski definition) is 6. The van der Waals surface area contributed by atoms with Crippen LogP contribution in [0.2, 0.25) is 0 Å². The minimum Gasteiger partial charge on any atom is -0.872 e. The van der Waals surface area contributed by atoms with Crippen molar-refractivity contribution < 1.29 is 33.9 Å². The maximum absolute atomic E-state index is 13.9. The number of ketones is 1. The van der Waals surface area contributed by atoms with Crippen LogP contribution in [0.4, 0.5) is 0 Å². The molecular weight excluding hydrogens is 462 g/mol. The van der Waals surface area contributed by atoms with E-state index in [0.717, 1.165) is 5.56 Å². The Morgan fingerprint density at radius 1 is 1.17 bits per heavy atom. The van der Waals surface area contributed by atoms with Crippen molar-refractivity contribution in [1.82, 2.24) is 9.88 Å². The number of hydrogen-bond donors (Lipinski definition) is 1. The molecule has 0 aliphatic carbocycles. The summed E-state index contributed by atoms with van der Waals surface area (Å²) in [7, 11) is 1.54. The molecule has 1 unspecified atom stereocenters. The van der Waals surface area contributed by atoms with Gasteiger partial charge in [-0.2, -0.15) is 0 Å². The van der Waals surface area contributed by atoms with Gasteiger partial charge in [-0.3, -0.25) is 9.59 Å². The van der Waals surface area contributed by atoms with Crippen LogP contribution >= 0.6 is 0 Å². The number of esters is 1. The molecule has 1 saturated heterocycles. The molecule has 1 aliphatic heterocycles. The van der Waals surface area contributed by atoms with Crippen LogP contribution in [0.5, 0.6) is 5.75 Å². The van der Waals surface area contributed by atoms with Crippen LogP contribution in [0.3, 0.4) is 0 Å². The summed E-state index contributed by atoms with van der Waals surface area (Å²) in [5.74, 6) is -2.22. The number of nitrogens with zero attached hydrogens (tertiary/aromatic N) is 1. The molecule has 9 nitrogen and oxygen atoms in total. The molecule has 0 saturated carbocycles. The lowest BCUT2D eigenvalue weighted by atomic mass is 9.94. The number of likely N-dealkylation sites (tertiary alicyclic amines) is 1. The molecule has 0 bridgehead atoms. The van der Waals surface area contributed by atoms with Crippen LogP contribution in [-0.2, 0) is 20.9 Å². The van der Waals surface area contributed by atoms with Gasteiger partial charge >= 0.3 is 5.97 Å². The van der Waals surface area contributed by atoms with Gasteiger partial charge in [-0.05, 0) is 55.7 Å². The Balaban J connectivity index is 1.88. The summed E-state index contributed by atoms with van der Waals surface area (Å²) in [4.78, 5) is 46.2. The first-order valence-electron chi connectivity index (χ1n) is 11.5. The highest BCUT2D eigenvalue weighted by Gasteiger charge is 2.44. The van der Waals surface area contributed by atoms with E-state index in [2.05, 4.69) is 9.97 Å². The van der Waals surface area contributed by atoms with Gasteiger partial charge in [0, 0.05) is 22.9 Å². The second-order valence-electron chi connectivity index (χ2n) is 8.44. The third-order valence-electron chi connectivity index (χ3n) is 6.23. The van der Waals surface area contributed by atoms with Crippen LogP contribution in [0, 0.1) is 13.8 Å². The van der Waals surface area contributed by atoms with Gasteiger partial charge in [-0.25, -0.2) is 9.78 Å². The zero-order chi connectivity index (χ0) is 26.0. The summed E-state index contributed by atoms with van der Waals surface area (Å²) in [6.45, 7) is 5.24. The van der Waals surface area contributed by atoms with E-state index in [0.29, 0.717) is 22.6 Å².